The van der Waals surface area contributed by atoms with Gasteiger partial charge in [-0.3, -0.25) is 4.79 Å². The number of nitrogens with one attached hydrogen (secondary N) is 1. The molecule has 1 amide bonds. The highest BCUT2D eigenvalue weighted by molar-refractivity contribution is 6.29. The van der Waals surface area contributed by atoms with Crippen LogP contribution in [0.5, 0.6) is 0 Å². The zero-order valence-electron chi connectivity index (χ0n) is 5.60. The van der Waals surface area contributed by atoms with Crippen molar-refractivity contribution in [3.05, 3.63) is 22.8 Å². The van der Waals surface area contributed by atoms with Crippen molar-refractivity contribution in [3.8, 4) is 0 Å². The molecule has 0 fully saturated rings. The monoisotopic (exact) mass is 168 g/mol. The van der Waals surface area contributed by atoms with E-state index in [9.17, 15) is 4.79 Å². The Hall–Kier alpha value is -1.09. The third kappa shape index (κ3) is 1.07. The number of anilines is 1. The standard InChI is InChI=1S/C7H5ClN2O/c8-5-2-1-4-3-6(11)10-7(4)9-5/h1-2H,3H2,(H,9,10,11). The van der Waals surface area contributed by atoms with E-state index < -0.39 is 0 Å². The molecule has 1 N–H and O–H groups in total. The summed E-state index contributed by atoms with van der Waals surface area (Å²) in [7, 11) is 0. The summed E-state index contributed by atoms with van der Waals surface area (Å²) in [6, 6.07) is 3.49. The number of halogens is 1. The van der Waals surface area contributed by atoms with Crippen LogP contribution >= 0.6 is 11.6 Å². The van der Waals surface area contributed by atoms with E-state index in [-0.39, 0.29) is 5.91 Å². The third-order valence-corrected chi connectivity index (χ3v) is 1.76. The van der Waals surface area contributed by atoms with Gasteiger partial charge in [0.1, 0.15) is 11.0 Å². The van der Waals surface area contributed by atoms with Crippen LogP contribution in [0.3, 0.4) is 0 Å². The summed E-state index contributed by atoms with van der Waals surface area (Å²) in [6.07, 6.45) is 0.416. The van der Waals surface area contributed by atoms with Gasteiger partial charge in [-0.2, -0.15) is 0 Å². The zero-order valence-corrected chi connectivity index (χ0v) is 6.35. The van der Waals surface area contributed by atoms with Crippen molar-refractivity contribution in [1.29, 1.82) is 0 Å². The number of carbonyl (C=O) groups excluding carboxylic acids is 1. The topological polar surface area (TPSA) is 42.0 Å². The number of aromatic nitrogens is 1. The molecule has 0 saturated heterocycles. The lowest BCUT2D eigenvalue weighted by molar-refractivity contribution is -0.115. The number of hydrogen-bond donors (Lipinski definition) is 1. The van der Waals surface area contributed by atoms with Crippen molar-refractivity contribution in [2.75, 3.05) is 5.32 Å². The lowest BCUT2D eigenvalue weighted by Gasteiger charge is -1.95. The maximum absolute atomic E-state index is 10.8. The summed E-state index contributed by atoms with van der Waals surface area (Å²) in [4.78, 5) is 14.8. The number of rotatable bonds is 0. The van der Waals surface area contributed by atoms with E-state index in [2.05, 4.69) is 10.3 Å². The first kappa shape index (κ1) is 6.61. The van der Waals surface area contributed by atoms with Gasteiger partial charge in [-0.15, -0.1) is 0 Å². The first-order valence-electron chi connectivity index (χ1n) is 3.21. The Morgan fingerprint density at radius 2 is 2.36 bits per heavy atom. The fourth-order valence-corrected chi connectivity index (χ4v) is 1.21. The van der Waals surface area contributed by atoms with Gasteiger partial charge in [-0.1, -0.05) is 17.7 Å². The average Bonchev–Trinajstić information content (AvgIpc) is 2.27. The normalized spacial score (nSPS) is 14.5. The van der Waals surface area contributed by atoms with Crippen LogP contribution in [0.25, 0.3) is 0 Å². The van der Waals surface area contributed by atoms with E-state index in [1.807, 2.05) is 6.07 Å². The summed E-state index contributed by atoms with van der Waals surface area (Å²) in [5.74, 6) is 0.581. The Bertz CT molecular complexity index is 324. The van der Waals surface area contributed by atoms with Gasteiger partial charge in [0.05, 0.1) is 6.42 Å². The predicted molar refractivity (Wildman–Crippen MR) is 41.6 cm³/mol. The molecule has 1 aliphatic rings. The van der Waals surface area contributed by atoms with Crippen LogP contribution in [0.4, 0.5) is 5.82 Å². The van der Waals surface area contributed by atoms with Crippen molar-refractivity contribution >= 4 is 23.3 Å². The second-order valence-electron chi connectivity index (χ2n) is 2.37. The summed E-state index contributed by atoms with van der Waals surface area (Å²) < 4.78 is 0. The molecule has 0 aromatic carbocycles. The molecule has 0 aliphatic carbocycles. The highest BCUT2D eigenvalue weighted by Gasteiger charge is 2.18. The highest BCUT2D eigenvalue weighted by atomic mass is 35.5. The molecule has 0 radical (unpaired) electrons. The Kier molecular flexibility index (Phi) is 1.32. The van der Waals surface area contributed by atoms with Gasteiger partial charge in [0.25, 0.3) is 0 Å². The molecule has 0 atom stereocenters. The van der Waals surface area contributed by atoms with E-state index in [4.69, 9.17) is 11.6 Å². The highest BCUT2D eigenvalue weighted by Crippen LogP contribution is 2.21. The Labute approximate surface area is 68.4 Å². The quantitative estimate of drug-likeness (QED) is 0.592. The van der Waals surface area contributed by atoms with E-state index in [0.29, 0.717) is 17.4 Å². The lowest BCUT2D eigenvalue weighted by atomic mass is 10.2. The molecule has 0 saturated carbocycles. The molecule has 1 aliphatic heterocycles. The summed E-state index contributed by atoms with van der Waals surface area (Å²) >= 11 is 5.61. The number of fused-ring (bicyclic) bond motifs is 1. The van der Waals surface area contributed by atoms with Crippen LogP contribution in [0, 0.1) is 0 Å². The number of carbonyl (C=O) groups is 1. The van der Waals surface area contributed by atoms with Crippen LogP contribution in [0.1, 0.15) is 5.56 Å². The molecule has 0 bridgehead atoms. The molecule has 2 heterocycles. The van der Waals surface area contributed by atoms with Crippen LogP contribution in [0.15, 0.2) is 12.1 Å². The fourth-order valence-electron chi connectivity index (χ4n) is 1.06. The second kappa shape index (κ2) is 2.20. The molecule has 4 heteroatoms. The number of amides is 1. The minimum absolute atomic E-state index is 0.0187. The van der Waals surface area contributed by atoms with Gasteiger partial charge >= 0.3 is 0 Å². The van der Waals surface area contributed by atoms with E-state index >= 15 is 0 Å². The van der Waals surface area contributed by atoms with E-state index in [1.54, 1.807) is 6.07 Å². The number of nitrogens with zero attached hydrogens (tertiary/aromatic N) is 1. The predicted octanol–water partition coefficient (Wildman–Crippen LogP) is 1.23. The maximum atomic E-state index is 10.8. The third-order valence-electron chi connectivity index (χ3n) is 1.55. The molecule has 56 valence electrons. The van der Waals surface area contributed by atoms with Gasteiger partial charge in [-0.25, -0.2) is 4.98 Å². The van der Waals surface area contributed by atoms with Crippen molar-refractivity contribution in [2.45, 2.75) is 6.42 Å². The fraction of sp³-hybridized carbons (Fsp3) is 0.143. The SMILES string of the molecule is O=C1Cc2ccc(Cl)nc2N1. The largest absolute Gasteiger partial charge is 0.310 e. The first-order valence-corrected chi connectivity index (χ1v) is 3.59. The molecule has 1 aromatic rings. The molecular formula is C7H5ClN2O. The Morgan fingerprint density at radius 3 is 3.18 bits per heavy atom. The van der Waals surface area contributed by atoms with Gasteiger partial charge in [0.15, 0.2) is 0 Å². The summed E-state index contributed by atoms with van der Waals surface area (Å²) in [5.41, 5.74) is 0.916. The lowest BCUT2D eigenvalue weighted by Crippen LogP contribution is -2.04. The zero-order chi connectivity index (χ0) is 7.84. The molecule has 11 heavy (non-hydrogen) atoms. The molecular weight excluding hydrogens is 164 g/mol. The number of pyridine rings is 1. The van der Waals surface area contributed by atoms with E-state index in [1.165, 1.54) is 0 Å². The molecule has 0 spiro atoms. The first-order chi connectivity index (χ1) is 5.25. The Balaban J connectivity index is 2.51. The minimum atomic E-state index is -0.0187. The van der Waals surface area contributed by atoms with E-state index in [0.717, 1.165) is 5.56 Å². The van der Waals surface area contributed by atoms with Gasteiger partial charge in [-0.05, 0) is 6.07 Å². The van der Waals surface area contributed by atoms with Crippen LogP contribution < -0.4 is 5.32 Å². The van der Waals surface area contributed by atoms with Crippen molar-refractivity contribution < 1.29 is 4.79 Å². The van der Waals surface area contributed by atoms with Gasteiger partial charge < -0.3 is 5.32 Å². The molecule has 1 aromatic heterocycles. The molecule has 2 rings (SSSR count). The van der Waals surface area contributed by atoms with Gasteiger partial charge in [0.2, 0.25) is 5.91 Å². The second-order valence-corrected chi connectivity index (χ2v) is 2.75. The van der Waals surface area contributed by atoms with Crippen molar-refractivity contribution in [1.82, 2.24) is 4.98 Å². The molecule has 3 nitrogen and oxygen atoms in total. The summed E-state index contributed by atoms with van der Waals surface area (Å²) in [5, 5.41) is 3.01. The maximum Gasteiger partial charge on any atom is 0.230 e. The average molecular weight is 169 g/mol. The molecule has 0 unspecified atom stereocenters. The Morgan fingerprint density at radius 1 is 1.55 bits per heavy atom. The van der Waals surface area contributed by atoms with Gasteiger partial charge in [0, 0.05) is 5.56 Å². The number of hydrogen-bond acceptors (Lipinski definition) is 2. The van der Waals surface area contributed by atoms with Crippen LogP contribution in [-0.4, -0.2) is 10.9 Å². The smallest absolute Gasteiger partial charge is 0.230 e. The minimum Gasteiger partial charge on any atom is -0.310 e. The van der Waals surface area contributed by atoms with Crippen molar-refractivity contribution in [3.63, 3.8) is 0 Å². The van der Waals surface area contributed by atoms with Crippen molar-refractivity contribution in [2.24, 2.45) is 0 Å². The van der Waals surface area contributed by atoms with Crippen LogP contribution in [0.2, 0.25) is 5.15 Å². The summed E-state index contributed by atoms with van der Waals surface area (Å²) in [6.45, 7) is 0. The van der Waals surface area contributed by atoms with Crippen LogP contribution in [-0.2, 0) is 11.2 Å².